The first kappa shape index (κ1) is 18.2. The highest BCUT2D eigenvalue weighted by molar-refractivity contribution is 7.11. The van der Waals surface area contributed by atoms with Gasteiger partial charge < -0.3 is 15.5 Å². The summed E-state index contributed by atoms with van der Waals surface area (Å²) in [6, 6.07) is 0. The van der Waals surface area contributed by atoms with Crippen molar-refractivity contribution in [1.29, 1.82) is 0 Å². The molecule has 0 radical (unpaired) electrons. The van der Waals surface area contributed by atoms with Crippen LogP contribution in [0.15, 0.2) is 4.99 Å². The average molecular weight is 338 g/mol. The van der Waals surface area contributed by atoms with E-state index in [1.54, 1.807) is 11.3 Å². The molecule has 0 saturated carbocycles. The van der Waals surface area contributed by atoms with E-state index in [9.17, 15) is 0 Å². The van der Waals surface area contributed by atoms with Crippen molar-refractivity contribution in [3.8, 4) is 0 Å². The third kappa shape index (κ3) is 6.47. The van der Waals surface area contributed by atoms with Crippen LogP contribution in [0.2, 0.25) is 0 Å². The minimum atomic E-state index is 0.871. The van der Waals surface area contributed by atoms with Gasteiger partial charge in [-0.3, -0.25) is 4.99 Å². The summed E-state index contributed by atoms with van der Waals surface area (Å²) in [5, 5.41) is 8.01. The molecule has 2 heterocycles. The number of aromatic nitrogens is 1. The van der Waals surface area contributed by atoms with Gasteiger partial charge >= 0.3 is 0 Å². The summed E-state index contributed by atoms with van der Waals surface area (Å²) in [5.74, 6) is 0.893. The number of rotatable bonds is 6. The van der Waals surface area contributed by atoms with Crippen molar-refractivity contribution < 1.29 is 0 Å². The van der Waals surface area contributed by atoms with Gasteiger partial charge in [0.25, 0.3) is 0 Å². The van der Waals surface area contributed by atoms with Gasteiger partial charge in [-0.1, -0.05) is 12.8 Å². The number of nitrogens with one attached hydrogen (secondary N) is 2. The van der Waals surface area contributed by atoms with Crippen LogP contribution in [-0.4, -0.2) is 55.6 Å². The number of hydrogen-bond donors (Lipinski definition) is 2. The lowest BCUT2D eigenvalue weighted by atomic mass is 10.2. The highest BCUT2D eigenvalue weighted by Crippen LogP contribution is 2.16. The summed E-state index contributed by atoms with van der Waals surface area (Å²) in [7, 11) is 1.83. The van der Waals surface area contributed by atoms with E-state index in [1.807, 2.05) is 7.05 Å². The molecule has 1 aliphatic heterocycles. The van der Waals surface area contributed by atoms with Crippen LogP contribution in [0.3, 0.4) is 0 Å². The van der Waals surface area contributed by atoms with Crippen LogP contribution in [0.1, 0.15) is 41.3 Å². The van der Waals surface area contributed by atoms with Gasteiger partial charge in [-0.15, -0.1) is 11.3 Å². The normalized spacial score (nSPS) is 17.1. The first-order valence-corrected chi connectivity index (χ1v) is 9.60. The van der Waals surface area contributed by atoms with E-state index in [-0.39, 0.29) is 0 Å². The quantitative estimate of drug-likeness (QED) is 0.618. The molecule has 130 valence electrons. The highest BCUT2D eigenvalue weighted by atomic mass is 32.1. The van der Waals surface area contributed by atoms with Crippen LogP contribution in [-0.2, 0) is 6.42 Å². The van der Waals surface area contributed by atoms with Crippen molar-refractivity contribution in [2.45, 2.75) is 46.0 Å². The molecule has 0 amide bonds. The van der Waals surface area contributed by atoms with Gasteiger partial charge in [0, 0.05) is 38.0 Å². The number of likely N-dealkylation sites (tertiary alicyclic amines) is 1. The van der Waals surface area contributed by atoms with Crippen molar-refractivity contribution in [3.63, 3.8) is 0 Å². The minimum absolute atomic E-state index is 0.871. The molecule has 1 fully saturated rings. The lowest BCUT2D eigenvalue weighted by molar-refractivity contribution is 0.289. The molecule has 1 aromatic rings. The maximum absolute atomic E-state index is 4.58. The fraction of sp³-hybridized carbons (Fsp3) is 0.765. The smallest absolute Gasteiger partial charge is 0.191 e. The Morgan fingerprint density at radius 3 is 2.43 bits per heavy atom. The molecule has 5 nitrogen and oxygen atoms in total. The molecule has 23 heavy (non-hydrogen) atoms. The monoisotopic (exact) mass is 337 g/mol. The Morgan fingerprint density at radius 2 is 1.83 bits per heavy atom. The number of aliphatic imine (C=N–C) groups is 1. The number of aryl methyl sites for hydroxylation is 2. The molecule has 1 saturated heterocycles. The van der Waals surface area contributed by atoms with Crippen molar-refractivity contribution in [2.24, 2.45) is 4.99 Å². The highest BCUT2D eigenvalue weighted by Gasteiger charge is 2.08. The fourth-order valence-electron chi connectivity index (χ4n) is 2.85. The predicted molar refractivity (Wildman–Crippen MR) is 99.6 cm³/mol. The molecule has 0 unspecified atom stereocenters. The zero-order chi connectivity index (χ0) is 16.5. The van der Waals surface area contributed by atoms with Gasteiger partial charge in [-0.25, -0.2) is 4.98 Å². The van der Waals surface area contributed by atoms with Crippen LogP contribution in [0.5, 0.6) is 0 Å². The van der Waals surface area contributed by atoms with Gasteiger partial charge in [0.05, 0.1) is 10.7 Å². The summed E-state index contributed by atoms with van der Waals surface area (Å²) in [6.45, 7) is 9.63. The zero-order valence-electron chi connectivity index (χ0n) is 14.8. The maximum Gasteiger partial charge on any atom is 0.191 e. The molecule has 1 aliphatic rings. The Kier molecular flexibility index (Phi) is 7.82. The fourth-order valence-corrected chi connectivity index (χ4v) is 3.78. The van der Waals surface area contributed by atoms with Crippen LogP contribution < -0.4 is 10.6 Å². The topological polar surface area (TPSA) is 52.6 Å². The summed E-state index contributed by atoms with van der Waals surface area (Å²) >= 11 is 1.79. The molecule has 2 N–H and O–H groups in total. The second kappa shape index (κ2) is 9.88. The summed E-state index contributed by atoms with van der Waals surface area (Å²) in [4.78, 5) is 12.8. The summed E-state index contributed by atoms with van der Waals surface area (Å²) in [5.41, 5.74) is 1.16. The molecule has 0 bridgehead atoms. The van der Waals surface area contributed by atoms with E-state index < -0.39 is 0 Å². The molecule has 0 aromatic carbocycles. The van der Waals surface area contributed by atoms with Crippen LogP contribution in [0, 0.1) is 13.8 Å². The van der Waals surface area contributed by atoms with E-state index in [1.165, 1.54) is 48.7 Å². The summed E-state index contributed by atoms with van der Waals surface area (Å²) in [6.07, 6.45) is 6.43. The molecule has 2 rings (SSSR count). The average Bonchev–Trinajstić information content (AvgIpc) is 2.74. The first-order chi connectivity index (χ1) is 11.2. The second-order valence-electron chi connectivity index (χ2n) is 6.18. The third-order valence-corrected chi connectivity index (χ3v) is 5.48. The van der Waals surface area contributed by atoms with E-state index in [0.717, 1.165) is 37.7 Å². The Morgan fingerprint density at radius 1 is 1.13 bits per heavy atom. The lowest BCUT2D eigenvalue weighted by Crippen LogP contribution is -2.42. The van der Waals surface area contributed by atoms with Crippen molar-refractivity contribution >= 4 is 17.3 Å². The third-order valence-electron chi connectivity index (χ3n) is 4.35. The zero-order valence-corrected chi connectivity index (χ0v) is 15.6. The van der Waals surface area contributed by atoms with Crippen molar-refractivity contribution in [1.82, 2.24) is 20.5 Å². The van der Waals surface area contributed by atoms with Gasteiger partial charge in [-0.2, -0.15) is 0 Å². The molecule has 1 aromatic heterocycles. The number of hydrogen-bond acceptors (Lipinski definition) is 4. The molecule has 0 spiro atoms. The maximum atomic E-state index is 4.58. The number of thiazole rings is 1. The largest absolute Gasteiger partial charge is 0.356 e. The lowest BCUT2D eigenvalue weighted by Gasteiger charge is -2.20. The molecule has 6 heteroatoms. The standard InChI is InChI=1S/C17H31N5S/c1-14-15(2)23-16(21-14)8-9-19-17(18-3)20-10-13-22-11-6-4-5-7-12-22/h4-13H2,1-3H3,(H2,18,19,20). The van der Waals surface area contributed by atoms with Crippen LogP contribution >= 0.6 is 11.3 Å². The Bertz CT molecular complexity index is 470. The molecular formula is C17H31N5S. The van der Waals surface area contributed by atoms with E-state index >= 15 is 0 Å². The SMILES string of the molecule is CN=C(NCCc1nc(C)c(C)s1)NCCN1CCCCCC1. The van der Waals surface area contributed by atoms with Gasteiger partial charge in [0.15, 0.2) is 5.96 Å². The first-order valence-electron chi connectivity index (χ1n) is 8.79. The molecular weight excluding hydrogens is 306 g/mol. The van der Waals surface area contributed by atoms with E-state index in [0.29, 0.717) is 0 Å². The van der Waals surface area contributed by atoms with Crippen molar-refractivity contribution in [3.05, 3.63) is 15.6 Å². The Labute approximate surface area is 144 Å². The van der Waals surface area contributed by atoms with Crippen molar-refractivity contribution in [2.75, 3.05) is 39.8 Å². The number of guanidine groups is 1. The molecule has 0 atom stereocenters. The van der Waals surface area contributed by atoms with Gasteiger partial charge in [0.2, 0.25) is 0 Å². The van der Waals surface area contributed by atoms with E-state index in [2.05, 4.69) is 39.4 Å². The van der Waals surface area contributed by atoms with E-state index in [4.69, 9.17) is 0 Å². The minimum Gasteiger partial charge on any atom is -0.356 e. The van der Waals surface area contributed by atoms with Gasteiger partial charge in [-0.05, 0) is 39.8 Å². The predicted octanol–water partition coefficient (Wildman–Crippen LogP) is 2.34. The van der Waals surface area contributed by atoms with Crippen LogP contribution in [0.25, 0.3) is 0 Å². The molecule has 0 aliphatic carbocycles. The number of nitrogens with zero attached hydrogens (tertiary/aromatic N) is 3. The van der Waals surface area contributed by atoms with Gasteiger partial charge in [0.1, 0.15) is 0 Å². The second-order valence-corrected chi connectivity index (χ2v) is 7.47. The Hall–Kier alpha value is -1.14. The Balaban J connectivity index is 1.63. The van der Waals surface area contributed by atoms with Crippen LogP contribution in [0.4, 0.5) is 0 Å². The summed E-state index contributed by atoms with van der Waals surface area (Å²) < 4.78 is 0.